The number of hydrogen-bond acceptors (Lipinski definition) is 2. The van der Waals surface area contributed by atoms with Gasteiger partial charge in [-0.15, -0.1) is 0 Å². The summed E-state index contributed by atoms with van der Waals surface area (Å²) in [5.41, 5.74) is 11.9. The first-order valence-corrected chi connectivity index (χ1v) is 16.7. The van der Waals surface area contributed by atoms with Crippen LogP contribution < -0.4 is 5.32 Å². The molecule has 0 amide bonds. The van der Waals surface area contributed by atoms with E-state index in [0.29, 0.717) is 0 Å². The number of aromatic nitrogens is 1. The van der Waals surface area contributed by atoms with Gasteiger partial charge >= 0.3 is 0 Å². The molecular weight excluding hydrogens is 597 g/mol. The van der Waals surface area contributed by atoms with Gasteiger partial charge in [0.05, 0.1) is 16.7 Å². The molecule has 0 aliphatic carbocycles. The third-order valence-corrected chi connectivity index (χ3v) is 9.78. The SMILES string of the molecule is c1ccc(-c2cc3ccccc3c3c2oc2c(Nc4ccc(-c5ccc(-n6c7ccccc7c7ccccc76)cc5)cc4)cccc23)cc1. The quantitative estimate of drug-likeness (QED) is 0.206. The normalized spacial score (nSPS) is 11.7. The van der Waals surface area contributed by atoms with Crippen LogP contribution >= 0.6 is 0 Å². The van der Waals surface area contributed by atoms with Crippen molar-refractivity contribution >= 4 is 65.9 Å². The van der Waals surface area contributed by atoms with E-state index in [1.807, 2.05) is 0 Å². The predicted octanol–water partition coefficient (Wildman–Crippen LogP) is 12.9. The minimum Gasteiger partial charge on any atom is -0.453 e. The third kappa shape index (κ3) is 4.44. The zero-order chi connectivity index (χ0) is 32.3. The molecule has 0 fully saturated rings. The molecule has 1 N–H and O–H groups in total. The standard InChI is InChI=1S/C46H30N2O/c1-2-11-32(12-3-1)40-29-33-13-4-5-14-36(33)44-39-17-10-18-41(45(39)49-46(40)44)47-34-25-21-30(22-26-34)31-23-27-35(28-24-31)48-42-19-8-6-15-37(42)38-16-7-9-20-43(38)48/h1-29,47H. The Balaban J connectivity index is 0.996. The number of para-hydroxylation sites is 3. The molecule has 10 aromatic rings. The number of rotatable bonds is 5. The van der Waals surface area contributed by atoms with E-state index in [1.54, 1.807) is 0 Å². The number of fused-ring (bicyclic) bond motifs is 8. The van der Waals surface area contributed by atoms with E-state index in [2.05, 4.69) is 186 Å². The Kier molecular flexibility index (Phi) is 6.18. The molecule has 0 aliphatic rings. The average molecular weight is 627 g/mol. The fourth-order valence-corrected chi connectivity index (χ4v) is 7.48. The predicted molar refractivity (Wildman–Crippen MR) is 206 cm³/mol. The molecule has 3 heteroatoms. The van der Waals surface area contributed by atoms with Crippen LogP contribution in [0, 0.1) is 0 Å². The highest BCUT2D eigenvalue weighted by atomic mass is 16.3. The topological polar surface area (TPSA) is 30.1 Å². The summed E-state index contributed by atoms with van der Waals surface area (Å²) in [4.78, 5) is 0. The van der Waals surface area contributed by atoms with Crippen LogP contribution in [0.2, 0.25) is 0 Å². The first kappa shape index (κ1) is 27.5. The fraction of sp³-hybridized carbons (Fsp3) is 0. The molecule has 3 nitrogen and oxygen atoms in total. The molecule has 0 spiro atoms. The van der Waals surface area contributed by atoms with E-state index in [4.69, 9.17) is 4.42 Å². The van der Waals surface area contributed by atoms with Crippen molar-refractivity contribution in [3.63, 3.8) is 0 Å². The summed E-state index contributed by atoms with van der Waals surface area (Å²) in [5, 5.41) is 10.9. The third-order valence-electron chi connectivity index (χ3n) is 9.78. The molecule has 0 bridgehead atoms. The first-order chi connectivity index (χ1) is 24.3. The summed E-state index contributed by atoms with van der Waals surface area (Å²) >= 11 is 0. The van der Waals surface area contributed by atoms with Gasteiger partial charge in [0, 0.05) is 38.5 Å². The van der Waals surface area contributed by atoms with Crippen molar-refractivity contribution in [1.82, 2.24) is 4.57 Å². The van der Waals surface area contributed by atoms with E-state index in [0.717, 1.165) is 50.1 Å². The molecule has 10 rings (SSSR count). The molecule has 0 atom stereocenters. The summed E-state index contributed by atoms with van der Waals surface area (Å²) in [6.45, 7) is 0. The molecule has 0 radical (unpaired) electrons. The minimum atomic E-state index is 0.857. The maximum absolute atomic E-state index is 6.77. The average Bonchev–Trinajstić information content (AvgIpc) is 3.73. The second-order valence-electron chi connectivity index (χ2n) is 12.6. The number of nitrogens with one attached hydrogen (secondary N) is 1. The van der Waals surface area contributed by atoms with Crippen molar-refractivity contribution in [1.29, 1.82) is 0 Å². The highest BCUT2D eigenvalue weighted by Gasteiger charge is 2.18. The van der Waals surface area contributed by atoms with Gasteiger partial charge in [-0.3, -0.25) is 0 Å². The van der Waals surface area contributed by atoms with E-state index >= 15 is 0 Å². The maximum atomic E-state index is 6.77. The van der Waals surface area contributed by atoms with Crippen LogP contribution in [-0.4, -0.2) is 4.57 Å². The number of nitrogens with zero attached hydrogens (tertiary/aromatic N) is 1. The van der Waals surface area contributed by atoms with E-state index in [-0.39, 0.29) is 0 Å². The summed E-state index contributed by atoms with van der Waals surface area (Å²) in [6.07, 6.45) is 0. The lowest BCUT2D eigenvalue weighted by Gasteiger charge is -2.10. The molecule has 0 saturated heterocycles. The molecule has 2 aromatic heterocycles. The highest BCUT2D eigenvalue weighted by molar-refractivity contribution is 6.24. The Morgan fingerprint density at radius 1 is 0.429 bits per heavy atom. The van der Waals surface area contributed by atoms with E-state index < -0.39 is 0 Å². The zero-order valence-corrected chi connectivity index (χ0v) is 26.6. The van der Waals surface area contributed by atoms with Crippen molar-refractivity contribution in [3.05, 3.63) is 176 Å². The monoisotopic (exact) mass is 626 g/mol. The van der Waals surface area contributed by atoms with Crippen LogP contribution in [-0.2, 0) is 0 Å². The maximum Gasteiger partial charge on any atom is 0.158 e. The lowest BCUT2D eigenvalue weighted by atomic mass is 9.96. The lowest BCUT2D eigenvalue weighted by molar-refractivity contribution is 0.671. The van der Waals surface area contributed by atoms with Gasteiger partial charge in [0.2, 0.25) is 0 Å². The number of hydrogen-bond donors (Lipinski definition) is 1. The summed E-state index contributed by atoms with van der Waals surface area (Å²) in [7, 11) is 0. The second kappa shape index (κ2) is 11.0. The summed E-state index contributed by atoms with van der Waals surface area (Å²) in [5.74, 6) is 0. The van der Waals surface area contributed by atoms with Crippen LogP contribution in [0.4, 0.5) is 11.4 Å². The summed E-state index contributed by atoms with van der Waals surface area (Å²) < 4.78 is 9.13. The smallest absolute Gasteiger partial charge is 0.158 e. The first-order valence-electron chi connectivity index (χ1n) is 16.7. The van der Waals surface area contributed by atoms with Gasteiger partial charge in [-0.1, -0.05) is 127 Å². The van der Waals surface area contributed by atoms with Crippen LogP contribution in [0.5, 0.6) is 0 Å². The van der Waals surface area contributed by atoms with Crippen molar-refractivity contribution in [2.45, 2.75) is 0 Å². The molecule has 0 saturated carbocycles. The van der Waals surface area contributed by atoms with Crippen LogP contribution in [0.25, 0.3) is 82.5 Å². The molecule has 230 valence electrons. The lowest BCUT2D eigenvalue weighted by Crippen LogP contribution is -1.93. The molecule has 2 heterocycles. The Bertz CT molecular complexity index is 2770. The number of benzene rings is 8. The van der Waals surface area contributed by atoms with Crippen molar-refractivity contribution < 1.29 is 4.42 Å². The molecule has 0 unspecified atom stereocenters. The van der Waals surface area contributed by atoms with Gasteiger partial charge in [-0.2, -0.15) is 0 Å². The zero-order valence-electron chi connectivity index (χ0n) is 26.6. The van der Waals surface area contributed by atoms with E-state index in [1.165, 1.54) is 43.7 Å². The summed E-state index contributed by atoms with van der Waals surface area (Å²) in [6, 6.07) is 62.5. The number of furan rings is 1. The van der Waals surface area contributed by atoms with Gasteiger partial charge in [0.25, 0.3) is 0 Å². The Hall–Kier alpha value is -6.58. The Labute approximate surface area is 283 Å². The van der Waals surface area contributed by atoms with Crippen molar-refractivity contribution in [2.24, 2.45) is 0 Å². The Morgan fingerprint density at radius 2 is 1.02 bits per heavy atom. The van der Waals surface area contributed by atoms with Gasteiger partial charge in [0.15, 0.2) is 5.58 Å². The molecule has 49 heavy (non-hydrogen) atoms. The van der Waals surface area contributed by atoms with Crippen molar-refractivity contribution in [3.8, 4) is 27.9 Å². The van der Waals surface area contributed by atoms with Gasteiger partial charge in [0.1, 0.15) is 5.58 Å². The van der Waals surface area contributed by atoms with Gasteiger partial charge < -0.3 is 14.3 Å². The van der Waals surface area contributed by atoms with Crippen molar-refractivity contribution in [2.75, 3.05) is 5.32 Å². The molecule has 8 aromatic carbocycles. The van der Waals surface area contributed by atoms with Crippen LogP contribution in [0.3, 0.4) is 0 Å². The van der Waals surface area contributed by atoms with Crippen LogP contribution in [0.1, 0.15) is 0 Å². The van der Waals surface area contributed by atoms with Gasteiger partial charge in [-0.05, 0) is 76.0 Å². The Morgan fingerprint density at radius 3 is 1.73 bits per heavy atom. The van der Waals surface area contributed by atoms with E-state index in [9.17, 15) is 0 Å². The highest BCUT2D eigenvalue weighted by Crippen LogP contribution is 2.43. The largest absolute Gasteiger partial charge is 0.453 e. The minimum absolute atomic E-state index is 0.857. The van der Waals surface area contributed by atoms with Crippen LogP contribution in [0.15, 0.2) is 180 Å². The molecule has 0 aliphatic heterocycles. The second-order valence-corrected chi connectivity index (χ2v) is 12.6. The molecular formula is C46H30N2O. The van der Waals surface area contributed by atoms with Gasteiger partial charge in [-0.25, -0.2) is 0 Å². The number of anilines is 2. The fourth-order valence-electron chi connectivity index (χ4n) is 7.48.